The Morgan fingerprint density at radius 1 is 1.00 bits per heavy atom. The first kappa shape index (κ1) is 17.4. The maximum atomic E-state index is 12.6. The normalized spacial score (nSPS) is 11.9. The summed E-state index contributed by atoms with van der Waals surface area (Å²) >= 11 is 5.99. The molecule has 0 atom stereocenters. The molecule has 3 nitrogen and oxygen atoms in total. The predicted octanol–water partition coefficient (Wildman–Crippen LogP) is 6.34. The summed E-state index contributed by atoms with van der Waals surface area (Å²) in [6, 6.07) is 20.9. The minimum Gasteiger partial charge on any atom is -0.462 e. The molecule has 0 amide bonds. The van der Waals surface area contributed by atoms with E-state index in [-0.39, 0.29) is 5.97 Å². The summed E-state index contributed by atoms with van der Waals surface area (Å²) in [5, 5.41) is 2.67. The molecule has 1 aromatic heterocycles. The summed E-state index contributed by atoms with van der Waals surface area (Å²) in [6.07, 6.45) is 1.81. The van der Waals surface area contributed by atoms with E-state index in [1.54, 1.807) is 19.1 Å². The van der Waals surface area contributed by atoms with Crippen LogP contribution in [0.15, 0.2) is 71.1 Å². The van der Waals surface area contributed by atoms with Crippen molar-refractivity contribution >= 4 is 51.2 Å². The third-order valence-corrected chi connectivity index (χ3v) is 4.64. The number of rotatable bonds is 4. The smallest absolute Gasteiger partial charge is 0.338 e. The Morgan fingerprint density at radius 3 is 2.52 bits per heavy atom. The second kappa shape index (κ2) is 7.29. The minimum absolute atomic E-state index is 0.304. The number of carbonyl (C=O) groups excluding carboxylic acids is 1. The maximum Gasteiger partial charge on any atom is 0.338 e. The van der Waals surface area contributed by atoms with Gasteiger partial charge in [-0.15, -0.1) is 0 Å². The highest BCUT2D eigenvalue weighted by Crippen LogP contribution is 2.33. The van der Waals surface area contributed by atoms with E-state index in [1.807, 2.05) is 60.7 Å². The number of benzene rings is 3. The number of para-hydroxylation sites is 2. The standard InChI is InChI=1S/C23H17ClO3/c1-2-26-23(25)20(15-10-12-17(24)13-11-15)14-16-6-5-8-19-18-7-3-4-9-21(18)27-22(16)19/h3-14H,2H2,1H3/b20-14-. The van der Waals surface area contributed by atoms with Crippen molar-refractivity contribution in [1.29, 1.82) is 0 Å². The van der Waals surface area contributed by atoms with Gasteiger partial charge in [-0.05, 0) is 36.8 Å². The van der Waals surface area contributed by atoms with Crippen molar-refractivity contribution in [2.75, 3.05) is 6.61 Å². The fraction of sp³-hybridized carbons (Fsp3) is 0.0870. The van der Waals surface area contributed by atoms with Gasteiger partial charge in [-0.1, -0.05) is 60.1 Å². The SMILES string of the molecule is CCOC(=O)/C(=C\c1cccc2c1oc1ccccc12)c1ccc(Cl)cc1. The lowest BCUT2D eigenvalue weighted by atomic mass is 10.0. The number of halogens is 1. The lowest BCUT2D eigenvalue weighted by molar-refractivity contribution is -0.136. The van der Waals surface area contributed by atoms with Crippen LogP contribution in [0, 0.1) is 0 Å². The van der Waals surface area contributed by atoms with Crippen LogP contribution in [-0.4, -0.2) is 12.6 Å². The van der Waals surface area contributed by atoms with Crippen LogP contribution in [0.4, 0.5) is 0 Å². The summed E-state index contributed by atoms with van der Waals surface area (Å²) in [4.78, 5) is 12.6. The molecule has 0 radical (unpaired) electrons. The Morgan fingerprint density at radius 2 is 1.74 bits per heavy atom. The number of furan rings is 1. The fourth-order valence-electron chi connectivity index (χ4n) is 3.14. The first-order valence-corrected chi connectivity index (χ1v) is 9.10. The highest BCUT2D eigenvalue weighted by molar-refractivity contribution is 6.30. The van der Waals surface area contributed by atoms with Crippen LogP contribution in [0.1, 0.15) is 18.1 Å². The van der Waals surface area contributed by atoms with E-state index in [2.05, 4.69) is 0 Å². The van der Waals surface area contributed by atoms with E-state index in [1.165, 1.54) is 0 Å². The minimum atomic E-state index is -0.382. The van der Waals surface area contributed by atoms with Crippen molar-refractivity contribution in [3.63, 3.8) is 0 Å². The molecular formula is C23H17ClO3. The molecule has 0 aliphatic rings. The van der Waals surface area contributed by atoms with Crippen molar-refractivity contribution in [2.45, 2.75) is 6.92 Å². The van der Waals surface area contributed by atoms with Gasteiger partial charge in [-0.3, -0.25) is 0 Å². The summed E-state index contributed by atoms with van der Waals surface area (Å²) in [5.74, 6) is -0.382. The molecule has 0 spiro atoms. The van der Waals surface area contributed by atoms with Gasteiger partial charge in [-0.2, -0.15) is 0 Å². The fourth-order valence-corrected chi connectivity index (χ4v) is 3.26. The quantitative estimate of drug-likeness (QED) is 0.237. The van der Waals surface area contributed by atoms with Crippen molar-refractivity contribution in [3.8, 4) is 0 Å². The molecule has 4 aromatic rings. The Kier molecular flexibility index (Phi) is 4.69. The van der Waals surface area contributed by atoms with Gasteiger partial charge in [-0.25, -0.2) is 4.79 Å². The number of hydrogen-bond acceptors (Lipinski definition) is 3. The maximum absolute atomic E-state index is 12.6. The molecule has 27 heavy (non-hydrogen) atoms. The molecule has 0 saturated heterocycles. The molecular weight excluding hydrogens is 360 g/mol. The monoisotopic (exact) mass is 376 g/mol. The number of esters is 1. The molecule has 0 aliphatic carbocycles. The molecule has 0 unspecified atom stereocenters. The van der Waals surface area contributed by atoms with Gasteiger partial charge < -0.3 is 9.15 Å². The topological polar surface area (TPSA) is 39.4 Å². The van der Waals surface area contributed by atoms with Crippen LogP contribution < -0.4 is 0 Å². The number of hydrogen-bond donors (Lipinski definition) is 0. The molecule has 0 saturated carbocycles. The lowest BCUT2D eigenvalue weighted by Crippen LogP contribution is -2.06. The zero-order chi connectivity index (χ0) is 18.8. The molecule has 3 aromatic carbocycles. The van der Waals surface area contributed by atoms with Crippen LogP contribution in [0.2, 0.25) is 5.02 Å². The van der Waals surface area contributed by atoms with Crippen LogP contribution in [0.3, 0.4) is 0 Å². The second-order valence-corrected chi connectivity index (χ2v) is 6.54. The number of fused-ring (bicyclic) bond motifs is 3. The van der Waals surface area contributed by atoms with Gasteiger partial charge in [0.15, 0.2) is 0 Å². The summed E-state index contributed by atoms with van der Waals surface area (Å²) < 4.78 is 11.3. The molecule has 0 N–H and O–H groups in total. The Hall–Kier alpha value is -3.04. The lowest BCUT2D eigenvalue weighted by Gasteiger charge is -2.08. The van der Waals surface area contributed by atoms with Crippen LogP contribution in [0.5, 0.6) is 0 Å². The van der Waals surface area contributed by atoms with E-state index in [9.17, 15) is 4.79 Å². The van der Waals surface area contributed by atoms with Crippen LogP contribution in [-0.2, 0) is 9.53 Å². The summed E-state index contributed by atoms with van der Waals surface area (Å²) in [7, 11) is 0. The van der Waals surface area contributed by atoms with Gasteiger partial charge in [0.25, 0.3) is 0 Å². The number of carbonyl (C=O) groups is 1. The van der Waals surface area contributed by atoms with Crippen molar-refractivity contribution in [1.82, 2.24) is 0 Å². The van der Waals surface area contributed by atoms with Crippen molar-refractivity contribution < 1.29 is 13.9 Å². The average Bonchev–Trinajstić information content (AvgIpc) is 3.07. The van der Waals surface area contributed by atoms with E-state index < -0.39 is 0 Å². The van der Waals surface area contributed by atoms with Crippen molar-refractivity contribution in [3.05, 3.63) is 82.9 Å². The first-order chi connectivity index (χ1) is 13.2. The van der Waals surface area contributed by atoms with E-state index in [0.717, 1.165) is 33.1 Å². The second-order valence-electron chi connectivity index (χ2n) is 6.11. The molecule has 1 heterocycles. The molecule has 0 fully saturated rings. The van der Waals surface area contributed by atoms with E-state index in [0.29, 0.717) is 17.2 Å². The van der Waals surface area contributed by atoms with Crippen molar-refractivity contribution in [2.24, 2.45) is 0 Å². The molecule has 134 valence electrons. The predicted molar refractivity (Wildman–Crippen MR) is 110 cm³/mol. The number of ether oxygens (including phenoxy) is 1. The van der Waals surface area contributed by atoms with Crippen LogP contribution >= 0.6 is 11.6 Å². The zero-order valence-corrected chi connectivity index (χ0v) is 15.5. The molecule has 0 aliphatic heterocycles. The third kappa shape index (κ3) is 3.34. The zero-order valence-electron chi connectivity index (χ0n) is 14.7. The molecule has 4 rings (SSSR count). The third-order valence-electron chi connectivity index (χ3n) is 4.39. The highest BCUT2D eigenvalue weighted by Gasteiger charge is 2.16. The Balaban J connectivity index is 1.91. The first-order valence-electron chi connectivity index (χ1n) is 8.72. The molecule has 0 bridgehead atoms. The highest BCUT2D eigenvalue weighted by atomic mass is 35.5. The van der Waals surface area contributed by atoms with Gasteiger partial charge in [0.2, 0.25) is 0 Å². The van der Waals surface area contributed by atoms with E-state index >= 15 is 0 Å². The summed E-state index contributed by atoms with van der Waals surface area (Å²) in [5.41, 5.74) is 3.58. The Labute approximate surface area is 161 Å². The molecule has 4 heteroatoms. The van der Waals surface area contributed by atoms with Gasteiger partial charge in [0.1, 0.15) is 11.2 Å². The average molecular weight is 377 g/mol. The largest absolute Gasteiger partial charge is 0.462 e. The van der Waals surface area contributed by atoms with Crippen LogP contribution in [0.25, 0.3) is 33.6 Å². The van der Waals surface area contributed by atoms with Gasteiger partial charge >= 0.3 is 5.97 Å². The van der Waals surface area contributed by atoms with Gasteiger partial charge in [0.05, 0.1) is 12.2 Å². The van der Waals surface area contributed by atoms with E-state index in [4.69, 9.17) is 20.8 Å². The van der Waals surface area contributed by atoms with Gasteiger partial charge in [0, 0.05) is 21.4 Å². The summed E-state index contributed by atoms with van der Waals surface area (Å²) in [6.45, 7) is 2.09. The Bertz CT molecular complexity index is 1150.